The van der Waals surface area contributed by atoms with Crippen molar-refractivity contribution >= 4 is 23.3 Å². The van der Waals surface area contributed by atoms with Crippen molar-refractivity contribution in [3.05, 3.63) is 23.2 Å². The lowest BCUT2D eigenvalue weighted by Crippen LogP contribution is -2.41. The summed E-state index contributed by atoms with van der Waals surface area (Å²) < 4.78 is 5.08. The number of benzene rings is 1. The van der Waals surface area contributed by atoms with Crippen LogP contribution < -0.4 is 10.1 Å². The number of nitrogens with one attached hydrogen (secondary N) is 1. The summed E-state index contributed by atoms with van der Waals surface area (Å²) in [6.07, 6.45) is 0. The maximum absolute atomic E-state index is 12.1. The number of nitrogens with zero attached hydrogens (tertiary/aromatic N) is 1. The maximum Gasteiger partial charge on any atom is 0.322 e. The summed E-state index contributed by atoms with van der Waals surface area (Å²) in [5.41, 5.74) is 0.481. The average Bonchev–Trinajstić information content (AvgIpc) is 2.38. The molecule has 19 heavy (non-hydrogen) atoms. The van der Waals surface area contributed by atoms with Gasteiger partial charge in [-0.05, 0) is 26.0 Å². The third kappa shape index (κ3) is 4.29. The van der Waals surface area contributed by atoms with Gasteiger partial charge in [-0.2, -0.15) is 0 Å². The van der Waals surface area contributed by atoms with Gasteiger partial charge in [-0.15, -0.1) is 0 Å². The molecule has 2 amide bonds. The summed E-state index contributed by atoms with van der Waals surface area (Å²) in [6, 6.07) is 4.70. The van der Waals surface area contributed by atoms with Crippen LogP contribution in [0.2, 0.25) is 5.02 Å². The van der Waals surface area contributed by atoms with E-state index in [4.69, 9.17) is 21.4 Å². The number of hydrogen-bond acceptors (Lipinski definition) is 3. The minimum Gasteiger partial charge on any atom is -0.497 e. The molecular weight excluding hydrogens is 268 g/mol. The first kappa shape index (κ1) is 15.6. The molecule has 0 saturated carbocycles. The fourth-order valence-corrected chi connectivity index (χ4v) is 1.78. The second kappa shape index (κ2) is 7.21. The highest BCUT2D eigenvalue weighted by molar-refractivity contribution is 6.33. The molecule has 0 saturated heterocycles. The highest BCUT2D eigenvalue weighted by Gasteiger charge is 2.17. The molecule has 0 aliphatic rings. The Balaban J connectivity index is 2.85. The van der Waals surface area contributed by atoms with Crippen molar-refractivity contribution in [2.75, 3.05) is 25.6 Å². The van der Waals surface area contributed by atoms with Crippen LogP contribution in [0.3, 0.4) is 0 Å². The van der Waals surface area contributed by atoms with Gasteiger partial charge in [-0.3, -0.25) is 0 Å². The minimum absolute atomic E-state index is 0.0171. The summed E-state index contributed by atoms with van der Waals surface area (Å²) >= 11 is 6.02. The van der Waals surface area contributed by atoms with Crippen molar-refractivity contribution in [2.24, 2.45) is 0 Å². The number of aliphatic hydroxyl groups excluding tert-OH is 1. The predicted molar refractivity (Wildman–Crippen MR) is 76.0 cm³/mol. The molecule has 0 spiro atoms. The lowest BCUT2D eigenvalue weighted by molar-refractivity contribution is 0.172. The van der Waals surface area contributed by atoms with E-state index >= 15 is 0 Å². The van der Waals surface area contributed by atoms with Crippen LogP contribution in [0.4, 0.5) is 10.5 Å². The SMILES string of the molecule is COc1ccc(Cl)c(NC(=O)N(CCO)C(C)C)c1. The average molecular weight is 287 g/mol. The second-order valence-electron chi connectivity index (χ2n) is 4.29. The first-order valence-corrected chi connectivity index (χ1v) is 6.39. The molecule has 106 valence electrons. The van der Waals surface area contributed by atoms with E-state index in [1.54, 1.807) is 25.3 Å². The topological polar surface area (TPSA) is 61.8 Å². The first-order chi connectivity index (χ1) is 8.99. The summed E-state index contributed by atoms with van der Waals surface area (Å²) in [5.74, 6) is 0.609. The zero-order valence-corrected chi connectivity index (χ0v) is 12.1. The Kier molecular flexibility index (Phi) is 5.92. The van der Waals surface area contributed by atoms with Crippen LogP contribution >= 0.6 is 11.6 Å². The van der Waals surface area contributed by atoms with Crippen molar-refractivity contribution in [2.45, 2.75) is 19.9 Å². The van der Waals surface area contributed by atoms with Gasteiger partial charge in [0.25, 0.3) is 0 Å². The Bertz CT molecular complexity index is 438. The van der Waals surface area contributed by atoms with Gasteiger partial charge in [0.05, 0.1) is 24.4 Å². The van der Waals surface area contributed by atoms with Gasteiger partial charge in [0.2, 0.25) is 0 Å². The first-order valence-electron chi connectivity index (χ1n) is 6.01. The summed E-state index contributed by atoms with van der Waals surface area (Å²) in [6.45, 7) is 3.94. The lowest BCUT2D eigenvalue weighted by atomic mass is 10.3. The van der Waals surface area contributed by atoms with Crippen LogP contribution in [-0.2, 0) is 0 Å². The van der Waals surface area contributed by atoms with Gasteiger partial charge in [0.15, 0.2) is 0 Å². The molecule has 0 fully saturated rings. The number of methoxy groups -OCH3 is 1. The van der Waals surface area contributed by atoms with Crippen LogP contribution in [0, 0.1) is 0 Å². The molecule has 2 N–H and O–H groups in total. The van der Waals surface area contributed by atoms with E-state index in [1.807, 2.05) is 13.8 Å². The van der Waals surface area contributed by atoms with Crippen molar-refractivity contribution in [1.29, 1.82) is 0 Å². The van der Waals surface area contributed by atoms with Gasteiger partial charge < -0.3 is 20.1 Å². The molecule has 1 rings (SSSR count). The number of carbonyl (C=O) groups is 1. The van der Waals surface area contributed by atoms with Crippen molar-refractivity contribution in [3.8, 4) is 5.75 Å². The molecule has 0 aliphatic carbocycles. The number of ether oxygens (including phenoxy) is 1. The van der Waals surface area contributed by atoms with E-state index in [2.05, 4.69) is 5.32 Å². The summed E-state index contributed by atoms with van der Waals surface area (Å²) in [4.78, 5) is 13.6. The van der Waals surface area contributed by atoms with Crippen molar-refractivity contribution in [1.82, 2.24) is 4.90 Å². The second-order valence-corrected chi connectivity index (χ2v) is 4.69. The normalized spacial score (nSPS) is 10.4. The van der Waals surface area contributed by atoms with Crippen LogP contribution in [0.1, 0.15) is 13.8 Å². The molecule has 0 atom stereocenters. The Morgan fingerprint density at radius 2 is 2.21 bits per heavy atom. The Labute approximate surface area is 118 Å². The fraction of sp³-hybridized carbons (Fsp3) is 0.462. The molecule has 6 heteroatoms. The van der Waals surface area contributed by atoms with E-state index in [9.17, 15) is 4.79 Å². The molecule has 0 aromatic heterocycles. The number of hydrogen-bond donors (Lipinski definition) is 2. The van der Waals surface area contributed by atoms with Crippen LogP contribution in [0.15, 0.2) is 18.2 Å². The monoisotopic (exact) mass is 286 g/mol. The molecule has 0 heterocycles. The molecular formula is C13H19ClN2O3. The Morgan fingerprint density at radius 3 is 2.74 bits per heavy atom. The molecule has 0 radical (unpaired) electrons. The van der Waals surface area contributed by atoms with E-state index in [1.165, 1.54) is 4.90 Å². The molecule has 0 aliphatic heterocycles. The van der Waals surface area contributed by atoms with Crippen LogP contribution in [-0.4, -0.2) is 42.3 Å². The Hall–Kier alpha value is -1.46. The number of urea groups is 1. The van der Waals surface area contributed by atoms with Gasteiger partial charge in [-0.1, -0.05) is 11.6 Å². The highest BCUT2D eigenvalue weighted by Crippen LogP contribution is 2.27. The number of carbonyl (C=O) groups excluding carboxylic acids is 1. The number of halogens is 1. The summed E-state index contributed by atoms with van der Waals surface area (Å²) in [5, 5.41) is 12.1. The quantitative estimate of drug-likeness (QED) is 0.874. The molecule has 1 aromatic carbocycles. The van der Waals surface area contributed by atoms with Crippen LogP contribution in [0.5, 0.6) is 5.75 Å². The number of rotatable bonds is 5. The van der Waals surface area contributed by atoms with Gasteiger partial charge >= 0.3 is 6.03 Å². The molecule has 0 bridgehead atoms. The molecule has 1 aromatic rings. The van der Waals surface area contributed by atoms with Crippen LogP contribution in [0.25, 0.3) is 0 Å². The molecule has 0 unspecified atom stereocenters. The maximum atomic E-state index is 12.1. The van der Waals surface area contributed by atoms with Gasteiger partial charge in [-0.25, -0.2) is 4.79 Å². The largest absolute Gasteiger partial charge is 0.497 e. The number of amides is 2. The van der Waals surface area contributed by atoms with Crippen molar-refractivity contribution in [3.63, 3.8) is 0 Å². The lowest BCUT2D eigenvalue weighted by Gasteiger charge is -2.26. The predicted octanol–water partition coefficient (Wildman–Crippen LogP) is 2.58. The van der Waals surface area contributed by atoms with E-state index in [0.29, 0.717) is 16.5 Å². The third-order valence-electron chi connectivity index (χ3n) is 2.64. The van der Waals surface area contributed by atoms with Crippen molar-refractivity contribution < 1.29 is 14.6 Å². The van der Waals surface area contributed by atoms with E-state index in [0.717, 1.165) is 0 Å². The third-order valence-corrected chi connectivity index (χ3v) is 2.97. The standard InChI is InChI=1S/C13H19ClN2O3/c1-9(2)16(6-7-17)13(18)15-12-8-10(19-3)4-5-11(12)14/h4-5,8-9,17H,6-7H2,1-3H3,(H,15,18). The zero-order chi connectivity index (χ0) is 14.4. The number of anilines is 1. The van der Waals surface area contributed by atoms with Gasteiger partial charge in [0, 0.05) is 18.7 Å². The van der Waals surface area contributed by atoms with Gasteiger partial charge in [0.1, 0.15) is 5.75 Å². The minimum atomic E-state index is -0.306. The van der Waals surface area contributed by atoms with E-state index in [-0.39, 0.29) is 25.2 Å². The Morgan fingerprint density at radius 1 is 1.53 bits per heavy atom. The zero-order valence-electron chi connectivity index (χ0n) is 11.3. The fourth-order valence-electron chi connectivity index (χ4n) is 1.62. The highest BCUT2D eigenvalue weighted by atomic mass is 35.5. The smallest absolute Gasteiger partial charge is 0.322 e. The van der Waals surface area contributed by atoms with E-state index < -0.39 is 0 Å². The number of aliphatic hydroxyl groups is 1. The summed E-state index contributed by atoms with van der Waals surface area (Å²) in [7, 11) is 1.54. The molecule has 5 nitrogen and oxygen atoms in total.